The molecule has 3 N–H and O–H groups in total. The van der Waals surface area contributed by atoms with Gasteiger partial charge >= 0.3 is 0 Å². The summed E-state index contributed by atoms with van der Waals surface area (Å²) in [7, 11) is 0. The molecule has 1 saturated carbocycles. The molecular formula is C11H15N3O. The van der Waals surface area contributed by atoms with Crippen molar-refractivity contribution in [1.82, 2.24) is 10.3 Å². The second kappa shape index (κ2) is 4.29. The van der Waals surface area contributed by atoms with E-state index < -0.39 is 0 Å². The highest BCUT2D eigenvalue weighted by Gasteiger charge is 2.24. The van der Waals surface area contributed by atoms with E-state index in [2.05, 4.69) is 10.3 Å². The molecule has 1 aromatic rings. The van der Waals surface area contributed by atoms with Crippen LogP contribution in [0.4, 0.5) is 5.82 Å². The molecule has 4 heteroatoms. The quantitative estimate of drug-likeness (QED) is 0.772. The Morgan fingerprint density at radius 2 is 2.33 bits per heavy atom. The summed E-state index contributed by atoms with van der Waals surface area (Å²) in [5.74, 6) is 1.23. The highest BCUT2D eigenvalue weighted by Crippen LogP contribution is 2.32. The van der Waals surface area contributed by atoms with Crippen molar-refractivity contribution in [1.29, 1.82) is 0 Å². The molecule has 0 saturated heterocycles. The van der Waals surface area contributed by atoms with Crippen LogP contribution in [0.1, 0.15) is 25.0 Å². The van der Waals surface area contributed by atoms with Crippen LogP contribution < -0.4 is 11.1 Å². The molecule has 0 bridgehead atoms. The topological polar surface area (TPSA) is 68.0 Å². The predicted molar refractivity (Wildman–Crippen MR) is 57.8 cm³/mol. The summed E-state index contributed by atoms with van der Waals surface area (Å²) in [6, 6.07) is 5.42. The van der Waals surface area contributed by atoms with Crippen LogP contribution in [0.15, 0.2) is 18.2 Å². The zero-order chi connectivity index (χ0) is 10.7. The zero-order valence-electron chi connectivity index (χ0n) is 8.57. The molecule has 0 radical (unpaired) electrons. The van der Waals surface area contributed by atoms with Crippen molar-refractivity contribution >= 4 is 11.7 Å². The van der Waals surface area contributed by atoms with Gasteiger partial charge in [-0.15, -0.1) is 0 Å². The third-order valence-electron chi connectivity index (χ3n) is 2.47. The normalized spacial score (nSPS) is 14.9. The molecule has 15 heavy (non-hydrogen) atoms. The van der Waals surface area contributed by atoms with Crippen molar-refractivity contribution in [2.45, 2.75) is 25.8 Å². The maximum absolute atomic E-state index is 11.4. The Labute approximate surface area is 88.9 Å². The smallest absolute Gasteiger partial charge is 0.220 e. The molecule has 0 aliphatic heterocycles. The number of aromatic nitrogens is 1. The van der Waals surface area contributed by atoms with Crippen molar-refractivity contribution in [2.24, 2.45) is 5.92 Å². The third kappa shape index (κ3) is 3.23. The minimum atomic E-state index is 0.113. The van der Waals surface area contributed by atoms with Gasteiger partial charge < -0.3 is 11.1 Å². The van der Waals surface area contributed by atoms with Crippen LogP contribution in [-0.4, -0.2) is 10.9 Å². The average molecular weight is 205 g/mol. The van der Waals surface area contributed by atoms with E-state index in [1.54, 1.807) is 6.07 Å². The molecule has 1 aromatic heterocycles. The molecule has 80 valence electrons. The second-order valence-corrected chi connectivity index (χ2v) is 3.98. The molecule has 0 unspecified atom stereocenters. The van der Waals surface area contributed by atoms with E-state index in [0.29, 0.717) is 24.7 Å². The van der Waals surface area contributed by atoms with Gasteiger partial charge in [0, 0.05) is 6.42 Å². The molecule has 0 aromatic carbocycles. The first-order valence-electron chi connectivity index (χ1n) is 5.22. The van der Waals surface area contributed by atoms with Crippen LogP contribution in [0.2, 0.25) is 0 Å². The Hall–Kier alpha value is -1.58. The van der Waals surface area contributed by atoms with E-state index in [-0.39, 0.29) is 5.91 Å². The molecule has 1 aliphatic carbocycles. The third-order valence-corrected chi connectivity index (χ3v) is 2.47. The highest BCUT2D eigenvalue weighted by molar-refractivity contribution is 5.76. The lowest BCUT2D eigenvalue weighted by molar-refractivity contribution is -0.121. The van der Waals surface area contributed by atoms with Gasteiger partial charge in [0.05, 0.1) is 12.2 Å². The van der Waals surface area contributed by atoms with Crippen molar-refractivity contribution in [2.75, 3.05) is 5.73 Å². The van der Waals surface area contributed by atoms with E-state index in [1.165, 1.54) is 12.8 Å². The van der Waals surface area contributed by atoms with Crippen LogP contribution >= 0.6 is 0 Å². The van der Waals surface area contributed by atoms with Gasteiger partial charge in [-0.3, -0.25) is 4.79 Å². The Balaban J connectivity index is 1.78. The van der Waals surface area contributed by atoms with Crippen molar-refractivity contribution in [3.63, 3.8) is 0 Å². The number of anilines is 1. The largest absolute Gasteiger partial charge is 0.384 e. The fraction of sp³-hybridized carbons (Fsp3) is 0.455. The number of amides is 1. The van der Waals surface area contributed by atoms with Crippen molar-refractivity contribution < 1.29 is 4.79 Å². The van der Waals surface area contributed by atoms with Crippen molar-refractivity contribution in [3.05, 3.63) is 23.9 Å². The summed E-state index contributed by atoms with van der Waals surface area (Å²) in [5, 5.41) is 2.84. The van der Waals surface area contributed by atoms with E-state index in [0.717, 1.165) is 5.69 Å². The van der Waals surface area contributed by atoms with Gasteiger partial charge in [0.25, 0.3) is 0 Å². The number of nitrogens with one attached hydrogen (secondary N) is 1. The van der Waals surface area contributed by atoms with Crippen LogP contribution in [0.25, 0.3) is 0 Å². The van der Waals surface area contributed by atoms with Crippen LogP contribution in [0.5, 0.6) is 0 Å². The first-order valence-corrected chi connectivity index (χ1v) is 5.22. The van der Waals surface area contributed by atoms with Crippen molar-refractivity contribution in [3.8, 4) is 0 Å². The number of carbonyl (C=O) groups excluding carboxylic acids is 1. The lowest BCUT2D eigenvalue weighted by Gasteiger charge is -2.04. The molecule has 1 amide bonds. The van der Waals surface area contributed by atoms with E-state index in [9.17, 15) is 4.79 Å². The van der Waals surface area contributed by atoms with Gasteiger partial charge in [0.15, 0.2) is 0 Å². The number of hydrogen-bond acceptors (Lipinski definition) is 3. The van der Waals surface area contributed by atoms with E-state index in [1.807, 2.05) is 12.1 Å². The molecule has 2 rings (SSSR count). The number of hydrogen-bond donors (Lipinski definition) is 2. The van der Waals surface area contributed by atoms with Gasteiger partial charge in [-0.05, 0) is 30.9 Å². The zero-order valence-corrected chi connectivity index (χ0v) is 8.57. The molecule has 1 heterocycles. The van der Waals surface area contributed by atoms with E-state index >= 15 is 0 Å². The summed E-state index contributed by atoms with van der Waals surface area (Å²) in [6.07, 6.45) is 3.05. The number of carbonyl (C=O) groups is 1. The predicted octanol–water partition coefficient (Wildman–Crippen LogP) is 1.08. The lowest BCUT2D eigenvalue weighted by atomic mass is 10.2. The first kappa shape index (κ1) is 9.96. The molecule has 1 fully saturated rings. The SMILES string of the molecule is Nc1cccc(CNC(=O)CC2CC2)n1. The second-order valence-electron chi connectivity index (χ2n) is 3.98. The average Bonchev–Trinajstić information content (AvgIpc) is 2.99. The number of pyridine rings is 1. The van der Waals surface area contributed by atoms with Crippen LogP contribution in [-0.2, 0) is 11.3 Å². The summed E-state index contributed by atoms with van der Waals surface area (Å²) in [6.45, 7) is 0.469. The minimum absolute atomic E-state index is 0.113. The molecular weight excluding hydrogens is 190 g/mol. The van der Waals surface area contributed by atoms with Gasteiger partial charge in [0.1, 0.15) is 5.82 Å². The Morgan fingerprint density at radius 3 is 3.00 bits per heavy atom. The van der Waals surface area contributed by atoms with Gasteiger partial charge in [0.2, 0.25) is 5.91 Å². The summed E-state index contributed by atoms with van der Waals surface area (Å²) in [5.41, 5.74) is 6.34. The fourth-order valence-corrected chi connectivity index (χ4v) is 1.44. The fourth-order valence-electron chi connectivity index (χ4n) is 1.44. The number of nitrogens with two attached hydrogens (primary N) is 1. The summed E-state index contributed by atoms with van der Waals surface area (Å²) >= 11 is 0. The maximum atomic E-state index is 11.4. The monoisotopic (exact) mass is 205 g/mol. The standard InChI is InChI=1S/C11H15N3O/c12-10-3-1-2-9(14-10)7-13-11(15)6-8-4-5-8/h1-3,8H,4-7H2,(H2,12,14)(H,13,15). The summed E-state index contributed by atoms with van der Waals surface area (Å²) in [4.78, 5) is 15.5. The molecule has 0 spiro atoms. The number of nitrogen functional groups attached to an aromatic ring is 1. The Bertz CT molecular complexity index is 361. The number of nitrogens with zero attached hydrogens (tertiary/aromatic N) is 1. The molecule has 1 aliphatic rings. The number of rotatable bonds is 4. The molecule has 0 atom stereocenters. The Morgan fingerprint density at radius 1 is 1.53 bits per heavy atom. The maximum Gasteiger partial charge on any atom is 0.220 e. The van der Waals surface area contributed by atoms with Crippen LogP contribution in [0, 0.1) is 5.92 Å². The van der Waals surface area contributed by atoms with Crippen LogP contribution in [0.3, 0.4) is 0 Å². The van der Waals surface area contributed by atoms with Gasteiger partial charge in [-0.2, -0.15) is 0 Å². The van der Waals surface area contributed by atoms with E-state index in [4.69, 9.17) is 5.73 Å². The highest BCUT2D eigenvalue weighted by atomic mass is 16.1. The first-order chi connectivity index (χ1) is 7.24. The minimum Gasteiger partial charge on any atom is -0.384 e. The Kier molecular flexibility index (Phi) is 2.85. The molecule has 4 nitrogen and oxygen atoms in total. The van der Waals surface area contributed by atoms with Gasteiger partial charge in [-0.25, -0.2) is 4.98 Å². The van der Waals surface area contributed by atoms with Gasteiger partial charge in [-0.1, -0.05) is 6.07 Å². The summed E-state index contributed by atoms with van der Waals surface area (Å²) < 4.78 is 0. The lowest BCUT2D eigenvalue weighted by Crippen LogP contribution is -2.23.